The lowest BCUT2D eigenvalue weighted by Crippen LogP contribution is -2.54. The van der Waals surface area contributed by atoms with E-state index in [-0.39, 0.29) is 6.61 Å². The first-order chi connectivity index (χ1) is 11.4. The van der Waals surface area contributed by atoms with Crippen molar-refractivity contribution in [3.63, 3.8) is 0 Å². The first-order valence-electron chi connectivity index (χ1n) is 7.70. The van der Waals surface area contributed by atoms with Crippen LogP contribution in [-0.2, 0) is 20.9 Å². The molecule has 0 radical (unpaired) electrons. The molecule has 2 N–H and O–H groups in total. The summed E-state index contributed by atoms with van der Waals surface area (Å²) in [5, 5.41) is 11.8. The lowest BCUT2D eigenvalue weighted by Gasteiger charge is -2.27. The van der Waals surface area contributed by atoms with E-state index in [0.29, 0.717) is 5.56 Å². The lowest BCUT2D eigenvalue weighted by molar-refractivity contribution is -0.192. The number of hydrogen-bond donors (Lipinski definition) is 2. The fourth-order valence-corrected chi connectivity index (χ4v) is 1.83. The van der Waals surface area contributed by atoms with E-state index in [1.165, 1.54) is 0 Å². The second kappa shape index (κ2) is 8.24. The summed E-state index contributed by atoms with van der Waals surface area (Å²) < 4.78 is 37.5. The van der Waals surface area contributed by atoms with Crippen molar-refractivity contribution in [2.24, 2.45) is 0 Å². The number of benzene rings is 1. The molecule has 1 aromatic rings. The van der Waals surface area contributed by atoms with Crippen LogP contribution in [0.2, 0.25) is 0 Å². The minimum Gasteiger partial charge on any atom is -0.456 e. The number of rotatable bonds is 6. The minimum atomic E-state index is -4.19. The van der Waals surface area contributed by atoms with E-state index in [1.54, 1.807) is 51.1 Å². The molecule has 1 rings (SSSR count). The number of alkyl carbamates (subject to hydrolysis) is 1. The van der Waals surface area contributed by atoms with E-state index in [1.807, 2.05) is 0 Å². The van der Waals surface area contributed by atoms with E-state index in [0.717, 1.165) is 6.92 Å². The predicted octanol–water partition coefficient (Wildman–Crippen LogP) is 2.64. The van der Waals surface area contributed by atoms with Crippen molar-refractivity contribution in [3.8, 4) is 0 Å². The number of nitrogens with one attached hydrogen (secondary N) is 1. The van der Waals surface area contributed by atoms with Gasteiger partial charge in [-0.1, -0.05) is 30.3 Å². The van der Waals surface area contributed by atoms with E-state index < -0.39 is 35.7 Å². The summed E-state index contributed by atoms with van der Waals surface area (Å²) in [7, 11) is 0. The molecule has 0 aliphatic heterocycles. The Labute approximate surface area is 145 Å². The van der Waals surface area contributed by atoms with Gasteiger partial charge in [-0.25, -0.2) is 9.59 Å². The van der Waals surface area contributed by atoms with Gasteiger partial charge in [-0.05, 0) is 33.3 Å². The molecule has 140 valence electrons. The zero-order valence-electron chi connectivity index (χ0n) is 14.6. The molecule has 0 spiro atoms. The van der Waals surface area contributed by atoms with Crippen molar-refractivity contribution in [3.05, 3.63) is 35.9 Å². The molecule has 0 bridgehead atoms. The largest absolute Gasteiger partial charge is 0.456 e. The van der Waals surface area contributed by atoms with Crippen molar-refractivity contribution in [1.29, 1.82) is 0 Å². The van der Waals surface area contributed by atoms with Crippen molar-refractivity contribution >= 4 is 12.1 Å². The summed E-state index contributed by atoms with van der Waals surface area (Å²) in [6.07, 6.45) is -3.45. The number of alkyl halides is 2. The van der Waals surface area contributed by atoms with E-state index >= 15 is 0 Å². The van der Waals surface area contributed by atoms with Crippen molar-refractivity contribution in [1.82, 2.24) is 5.32 Å². The third-order valence-corrected chi connectivity index (χ3v) is 3.07. The molecule has 25 heavy (non-hydrogen) atoms. The summed E-state index contributed by atoms with van der Waals surface area (Å²) in [6, 6.07) is 6.84. The molecule has 0 aliphatic carbocycles. The highest BCUT2D eigenvalue weighted by molar-refractivity contribution is 5.78. The van der Waals surface area contributed by atoms with Gasteiger partial charge in [0.25, 0.3) is 0 Å². The normalized spacial score (nSPS) is 14.4. The van der Waals surface area contributed by atoms with Crippen LogP contribution < -0.4 is 5.32 Å². The van der Waals surface area contributed by atoms with Gasteiger partial charge in [0.1, 0.15) is 18.3 Å². The number of amides is 1. The zero-order chi connectivity index (χ0) is 19.3. The van der Waals surface area contributed by atoms with Gasteiger partial charge in [-0.2, -0.15) is 8.78 Å². The van der Waals surface area contributed by atoms with Crippen LogP contribution >= 0.6 is 0 Å². The van der Waals surface area contributed by atoms with Gasteiger partial charge in [0.15, 0.2) is 0 Å². The van der Waals surface area contributed by atoms with Crippen LogP contribution in [0, 0.1) is 0 Å². The van der Waals surface area contributed by atoms with Crippen LogP contribution in [0.1, 0.15) is 33.3 Å². The fourth-order valence-electron chi connectivity index (χ4n) is 1.83. The Hall–Kier alpha value is -2.22. The SMILES string of the molecule is C[C@H](NC(=O)OC(C)(C)C)C(O)C(F)(F)C(=O)OCc1ccccc1. The van der Waals surface area contributed by atoms with E-state index in [9.17, 15) is 23.5 Å². The fraction of sp³-hybridized carbons (Fsp3) is 0.529. The molecule has 2 atom stereocenters. The summed E-state index contributed by atoms with van der Waals surface area (Å²) in [4.78, 5) is 23.2. The molecule has 6 nitrogen and oxygen atoms in total. The first kappa shape index (κ1) is 20.8. The van der Waals surface area contributed by atoms with Gasteiger partial charge in [-0.3, -0.25) is 0 Å². The number of aliphatic hydroxyl groups excluding tert-OH is 1. The number of halogens is 2. The average Bonchev–Trinajstić information content (AvgIpc) is 2.50. The Morgan fingerprint density at radius 1 is 1.20 bits per heavy atom. The van der Waals surface area contributed by atoms with Crippen LogP contribution in [0.4, 0.5) is 13.6 Å². The van der Waals surface area contributed by atoms with Crippen LogP contribution in [0.15, 0.2) is 30.3 Å². The summed E-state index contributed by atoms with van der Waals surface area (Å²) in [5.41, 5.74) is -0.299. The molecule has 1 unspecified atom stereocenters. The third-order valence-electron chi connectivity index (χ3n) is 3.07. The molecule has 8 heteroatoms. The van der Waals surface area contributed by atoms with Gasteiger partial charge in [0.05, 0.1) is 6.04 Å². The number of carbonyl (C=O) groups excluding carboxylic acids is 2. The monoisotopic (exact) mass is 359 g/mol. The van der Waals surface area contributed by atoms with E-state index in [2.05, 4.69) is 10.1 Å². The van der Waals surface area contributed by atoms with Gasteiger partial charge in [0, 0.05) is 0 Å². The van der Waals surface area contributed by atoms with Gasteiger partial charge >= 0.3 is 18.0 Å². The van der Waals surface area contributed by atoms with Crippen LogP contribution in [0.3, 0.4) is 0 Å². The summed E-state index contributed by atoms with van der Waals surface area (Å²) in [6.45, 7) is 5.58. The quantitative estimate of drug-likeness (QED) is 0.763. The van der Waals surface area contributed by atoms with Crippen LogP contribution in [-0.4, -0.2) is 40.8 Å². The molecule has 0 heterocycles. The molecule has 0 saturated heterocycles. The van der Waals surface area contributed by atoms with Crippen molar-refractivity contribution in [2.45, 2.75) is 58.0 Å². The number of aliphatic hydroxyl groups is 1. The second-order valence-corrected chi connectivity index (χ2v) is 6.56. The Morgan fingerprint density at radius 2 is 1.76 bits per heavy atom. The minimum absolute atomic E-state index is 0.351. The Morgan fingerprint density at radius 3 is 2.28 bits per heavy atom. The number of hydrogen-bond acceptors (Lipinski definition) is 5. The number of carbonyl (C=O) groups is 2. The number of esters is 1. The maximum absolute atomic E-state index is 14.0. The summed E-state index contributed by atoms with van der Waals surface area (Å²) in [5.74, 6) is -6.06. The maximum Gasteiger partial charge on any atom is 0.407 e. The molecular weight excluding hydrogens is 336 g/mol. The molecular formula is C17H23F2NO5. The predicted molar refractivity (Wildman–Crippen MR) is 86.0 cm³/mol. The third kappa shape index (κ3) is 6.66. The molecule has 0 saturated carbocycles. The topological polar surface area (TPSA) is 84.9 Å². The molecule has 0 aromatic heterocycles. The standard InChI is InChI=1S/C17H23F2NO5/c1-11(20-15(23)25-16(2,3)4)13(21)17(18,19)14(22)24-10-12-8-6-5-7-9-12/h5-9,11,13,21H,10H2,1-4H3,(H,20,23)/t11-,13?/m0/s1. The summed E-state index contributed by atoms with van der Waals surface area (Å²) >= 11 is 0. The zero-order valence-corrected chi connectivity index (χ0v) is 14.6. The highest BCUT2D eigenvalue weighted by atomic mass is 19.3. The second-order valence-electron chi connectivity index (χ2n) is 6.56. The average molecular weight is 359 g/mol. The van der Waals surface area contributed by atoms with Gasteiger partial charge in [-0.15, -0.1) is 0 Å². The molecule has 1 aromatic carbocycles. The molecule has 1 amide bonds. The first-order valence-corrected chi connectivity index (χ1v) is 7.70. The number of ether oxygens (including phenoxy) is 2. The highest BCUT2D eigenvalue weighted by Crippen LogP contribution is 2.24. The van der Waals surface area contributed by atoms with Gasteiger partial charge in [0.2, 0.25) is 0 Å². The molecule has 0 aliphatic rings. The molecule has 0 fully saturated rings. The maximum atomic E-state index is 14.0. The highest BCUT2D eigenvalue weighted by Gasteiger charge is 2.51. The van der Waals surface area contributed by atoms with Crippen LogP contribution in [0.25, 0.3) is 0 Å². The van der Waals surface area contributed by atoms with E-state index in [4.69, 9.17) is 4.74 Å². The van der Waals surface area contributed by atoms with Gasteiger partial charge < -0.3 is 19.9 Å². The lowest BCUT2D eigenvalue weighted by atomic mass is 10.1. The Kier molecular flexibility index (Phi) is 6.87. The van der Waals surface area contributed by atoms with Crippen LogP contribution in [0.5, 0.6) is 0 Å². The Bertz CT molecular complexity index is 586. The van der Waals surface area contributed by atoms with Crippen molar-refractivity contribution in [2.75, 3.05) is 0 Å². The van der Waals surface area contributed by atoms with Crippen molar-refractivity contribution < 1.29 is 33.0 Å². The Balaban J connectivity index is 2.62. The smallest absolute Gasteiger partial charge is 0.407 e.